The Kier molecular flexibility index (Phi) is 15.1. The van der Waals surface area contributed by atoms with E-state index in [1.54, 1.807) is 0 Å². The lowest BCUT2D eigenvalue weighted by atomic mass is 10.1. The molecule has 0 N–H and O–H groups in total. The Balaban J connectivity index is 4.44. The van der Waals surface area contributed by atoms with Crippen LogP contribution in [0.5, 0.6) is 0 Å². The third-order valence-electron chi connectivity index (χ3n) is 5.22. The monoisotopic (exact) mass is 355 g/mol. The minimum Gasteiger partial charge on any atom is -0.446 e. The van der Waals surface area contributed by atoms with Gasteiger partial charge >= 0.3 is 6.09 Å². The Hall–Kier alpha value is -0.730. The normalized spacial score (nSPS) is 13.7. The van der Waals surface area contributed by atoms with Crippen molar-refractivity contribution in [1.29, 1.82) is 0 Å². The van der Waals surface area contributed by atoms with Crippen LogP contribution < -0.4 is 0 Å². The van der Waals surface area contributed by atoms with Crippen LogP contribution in [-0.4, -0.2) is 29.7 Å². The van der Waals surface area contributed by atoms with Gasteiger partial charge < -0.3 is 9.64 Å². The van der Waals surface area contributed by atoms with Crippen molar-refractivity contribution in [3.8, 4) is 0 Å². The van der Waals surface area contributed by atoms with Gasteiger partial charge in [-0.3, -0.25) is 0 Å². The number of hydrogen-bond acceptors (Lipinski definition) is 2. The molecule has 1 amide bonds. The highest BCUT2D eigenvalue weighted by Gasteiger charge is 2.23. The van der Waals surface area contributed by atoms with Gasteiger partial charge in [0.15, 0.2) is 0 Å². The SMILES string of the molecule is CCCCCCCCN(C(=O)OC(C)C(C)C)C(C)CCCCCC. The van der Waals surface area contributed by atoms with Crippen LogP contribution in [0, 0.1) is 5.92 Å². The van der Waals surface area contributed by atoms with Gasteiger partial charge in [0.05, 0.1) is 0 Å². The van der Waals surface area contributed by atoms with Crippen molar-refractivity contribution < 1.29 is 9.53 Å². The Morgan fingerprint density at radius 3 is 1.88 bits per heavy atom. The first-order chi connectivity index (χ1) is 11.9. The average molecular weight is 356 g/mol. The predicted molar refractivity (Wildman–Crippen MR) is 109 cm³/mol. The van der Waals surface area contributed by atoms with E-state index in [0.717, 1.165) is 19.4 Å². The summed E-state index contributed by atoms with van der Waals surface area (Å²) in [6.45, 7) is 13.7. The third-order valence-corrected chi connectivity index (χ3v) is 5.22. The minimum atomic E-state index is -0.113. The molecule has 0 spiro atoms. The number of unbranched alkanes of at least 4 members (excludes halogenated alkanes) is 8. The van der Waals surface area contributed by atoms with Gasteiger partial charge in [-0.2, -0.15) is 0 Å². The molecule has 150 valence electrons. The Labute approximate surface area is 157 Å². The zero-order chi connectivity index (χ0) is 19.1. The second-order valence-electron chi connectivity index (χ2n) is 7.99. The number of ether oxygens (including phenoxy) is 1. The van der Waals surface area contributed by atoms with Crippen LogP contribution in [0.2, 0.25) is 0 Å². The molecule has 0 fully saturated rings. The first-order valence-electron chi connectivity index (χ1n) is 10.9. The van der Waals surface area contributed by atoms with Crippen LogP contribution in [0.1, 0.15) is 112 Å². The van der Waals surface area contributed by atoms with Gasteiger partial charge in [0, 0.05) is 12.6 Å². The molecule has 0 aliphatic carbocycles. The molecule has 0 aliphatic heterocycles. The minimum absolute atomic E-state index is 0.0214. The summed E-state index contributed by atoms with van der Waals surface area (Å²) in [6.07, 6.45) is 13.5. The molecule has 0 aromatic heterocycles. The molecule has 0 aromatic rings. The van der Waals surface area contributed by atoms with Gasteiger partial charge in [0.2, 0.25) is 0 Å². The van der Waals surface area contributed by atoms with Crippen LogP contribution in [-0.2, 0) is 4.74 Å². The topological polar surface area (TPSA) is 29.5 Å². The number of nitrogens with zero attached hydrogens (tertiary/aromatic N) is 1. The van der Waals surface area contributed by atoms with E-state index in [1.165, 1.54) is 57.8 Å². The number of hydrogen-bond donors (Lipinski definition) is 0. The fraction of sp³-hybridized carbons (Fsp3) is 0.955. The standard InChI is InChI=1S/C22H45NO2/c1-7-9-11-13-14-16-18-23(20(5)17-15-12-10-8-2)22(24)25-21(6)19(3)4/h19-21H,7-18H2,1-6H3. The van der Waals surface area contributed by atoms with Gasteiger partial charge in [-0.25, -0.2) is 4.79 Å². The number of amides is 1. The molecular formula is C22H45NO2. The maximum absolute atomic E-state index is 12.7. The molecule has 0 heterocycles. The molecule has 0 radical (unpaired) electrons. The second-order valence-corrected chi connectivity index (χ2v) is 7.99. The molecular weight excluding hydrogens is 310 g/mol. The van der Waals surface area contributed by atoms with Gasteiger partial charge in [0.25, 0.3) is 0 Å². The summed E-state index contributed by atoms with van der Waals surface area (Å²) < 4.78 is 5.71. The lowest BCUT2D eigenvalue weighted by Crippen LogP contribution is -2.41. The molecule has 0 saturated carbocycles. The highest BCUT2D eigenvalue weighted by molar-refractivity contribution is 5.68. The van der Waals surface area contributed by atoms with Crippen molar-refractivity contribution in [3.63, 3.8) is 0 Å². The van der Waals surface area contributed by atoms with Crippen LogP contribution in [0.25, 0.3) is 0 Å². The average Bonchev–Trinajstić information content (AvgIpc) is 2.57. The van der Waals surface area contributed by atoms with E-state index in [-0.39, 0.29) is 18.2 Å². The Morgan fingerprint density at radius 1 is 0.800 bits per heavy atom. The quantitative estimate of drug-likeness (QED) is 0.291. The summed E-state index contributed by atoms with van der Waals surface area (Å²) in [5.41, 5.74) is 0. The Bertz CT molecular complexity index is 317. The molecule has 2 unspecified atom stereocenters. The molecule has 0 aliphatic rings. The van der Waals surface area contributed by atoms with Crippen LogP contribution in [0.15, 0.2) is 0 Å². The second kappa shape index (κ2) is 15.5. The summed E-state index contributed by atoms with van der Waals surface area (Å²) in [4.78, 5) is 14.6. The molecule has 2 atom stereocenters. The van der Waals surface area contributed by atoms with Crippen molar-refractivity contribution in [2.75, 3.05) is 6.54 Å². The Morgan fingerprint density at radius 2 is 1.32 bits per heavy atom. The highest BCUT2D eigenvalue weighted by Crippen LogP contribution is 2.16. The fourth-order valence-corrected chi connectivity index (χ4v) is 2.94. The van der Waals surface area contributed by atoms with Crippen LogP contribution in [0.3, 0.4) is 0 Å². The van der Waals surface area contributed by atoms with Gasteiger partial charge in [-0.05, 0) is 32.6 Å². The predicted octanol–water partition coefficient (Wildman–Crippen LogP) is 7.19. The van der Waals surface area contributed by atoms with E-state index in [0.29, 0.717) is 5.92 Å². The largest absolute Gasteiger partial charge is 0.446 e. The maximum Gasteiger partial charge on any atom is 0.410 e. The van der Waals surface area contributed by atoms with Crippen LogP contribution in [0.4, 0.5) is 4.79 Å². The fourth-order valence-electron chi connectivity index (χ4n) is 2.94. The van der Waals surface area contributed by atoms with Crippen molar-refractivity contribution in [3.05, 3.63) is 0 Å². The number of rotatable bonds is 15. The van der Waals surface area contributed by atoms with E-state index < -0.39 is 0 Å². The molecule has 0 rings (SSSR count). The molecule has 0 saturated heterocycles. The molecule has 3 heteroatoms. The summed E-state index contributed by atoms with van der Waals surface area (Å²) in [6, 6.07) is 0.277. The first kappa shape index (κ1) is 24.3. The van der Waals surface area contributed by atoms with E-state index >= 15 is 0 Å². The maximum atomic E-state index is 12.7. The molecule has 0 bridgehead atoms. The van der Waals surface area contributed by atoms with E-state index in [2.05, 4.69) is 34.6 Å². The van der Waals surface area contributed by atoms with Gasteiger partial charge in [0.1, 0.15) is 6.10 Å². The van der Waals surface area contributed by atoms with Gasteiger partial charge in [-0.15, -0.1) is 0 Å². The first-order valence-corrected chi connectivity index (χ1v) is 10.9. The number of carbonyl (C=O) groups is 1. The zero-order valence-corrected chi connectivity index (χ0v) is 18.0. The van der Waals surface area contributed by atoms with Gasteiger partial charge in [-0.1, -0.05) is 85.5 Å². The highest BCUT2D eigenvalue weighted by atomic mass is 16.6. The molecule has 3 nitrogen and oxygen atoms in total. The lowest BCUT2D eigenvalue weighted by molar-refractivity contribution is 0.0401. The van der Waals surface area contributed by atoms with Crippen molar-refractivity contribution in [2.45, 2.75) is 124 Å². The zero-order valence-electron chi connectivity index (χ0n) is 18.0. The third kappa shape index (κ3) is 12.3. The van der Waals surface area contributed by atoms with Crippen molar-refractivity contribution >= 4 is 6.09 Å². The van der Waals surface area contributed by atoms with Crippen molar-refractivity contribution in [2.24, 2.45) is 5.92 Å². The van der Waals surface area contributed by atoms with E-state index in [9.17, 15) is 4.79 Å². The molecule has 0 aromatic carbocycles. The summed E-state index contributed by atoms with van der Waals surface area (Å²) >= 11 is 0. The summed E-state index contributed by atoms with van der Waals surface area (Å²) in [5.74, 6) is 0.361. The van der Waals surface area contributed by atoms with E-state index in [4.69, 9.17) is 4.74 Å². The van der Waals surface area contributed by atoms with E-state index in [1.807, 2.05) is 11.8 Å². The van der Waals surface area contributed by atoms with Crippen LogP contribution >= 0.6 is 0 Å². The smallest absolute Gasteiger partial charge is 0.410 e. The number of carbonyl (C=O) groups excluding carboxylic acids is 1. The lowest BCUT2D eigenvalue weighted by Gasteiger charge is -2.30. The summed E-state index contributed by atoms with van der Waals surface area (Å²) in [5, 5.41) is 0. The van der Waals surface area contributed by atoms with Crippen molar-refractivity contribution in [1.82, 2.24) is 4.90 Å². The summed E-state index contributed by atoms with van der Waals surface area (Å²) in [7, 11) is 0. The molecule has 25 heavy (non-hydrogen) atoms.